The molecular weight excluding hydrogens is 275 g/mol. The van der Waals surface area contributed by atoms with Crippen LogP contribution in [-0.2, 0) is 0 Å². The van der Waals surface area contributed by atoms with Gasteiger partial charge in [-0.05, 0) is 25.0 Å². The number of nitrogens with one attached hydrogen (secondary N) is 1. The van der Waals surface area contributed by atoms with E-state index in [4.69, 9.17) is 5.73 Å². The van der Waals surface area contributed by atoms with Crippen LogP contribution in [0.15, 0.2) is 17.6 Å². The van der Waals surface area contributed by atoms with Gasteiger partial charge in [0.15, 0.2) is 0 Å². The van der Waals surface area contributed by atoms with Gasteiger partial charge in [-0.15, -0.1) is 11.3 Å². The average molecular weight is 289 g/mol. The summed E-state index contributed by atoms with van der Waals surface area (Å²) in [4.78, 5) is 4.16. The Labute approximate surface area is 112 Å². The predicted octanol–water partition coefficient (Wildman–Crippen LogP) is 4.02. The first-order valence-corrected chi connectivity index (χ1v) is 6.77. The number of halogens is 3. The van der Waals surface area contributed by atoms with E-state index in [-0.39, 0.29) is 6.42 Å². The van der Waals surface area contributed by atoms with E-state index in [0.717, 1.165) is 15.9 Å². The number of thiazole rings is 1. The Morgan fingerprint density at radius 3 is 2.79 bits per heavy atom. The monoisotopic (exact) mass is 289 g/mol. The van der Waals surface area contributed by atoms with E-state index in [2.05, 4.69) is 10.3 Å². The molecule has 0 unspecified atom stereocenters. The minimum Gasteiger partial charge on any atom is -0.395 e. The molecule has 0 atom stereocenters. The molecule has 0 aliphatic heterocycles. The molecule has 7 heteroatoms. The van der Waals surface area contributed by atoms with Crippen molar-refractivity contribution in [1.82, 2.24) is 4.98 Å². The Bertz CT molecular complexity index is 551. The first-order valence-electron chi connectivity index (χ1n) is 5.90. The molecule has 0 aliphatic rings. The number of hydrogen-bond acceptors (Lipinski definition) is 4. The van der Waals surface area contributed by atoms with Gasteiger partial charge in [0.2, 0.25) is 0 Å². The SMILES string of the molecule is Nc1c(NCCCCC(F)(F)F)ccc2scnc12. The molecule has 3 N–H and O–H groups in total. The van der Waals surface area contributed by atoms with Crippen LogP contribution in [0.1, 0.15) is 19.3 Å². The van der Waals surface area contributed by atoms with E-state index in [1.54, 1.807) is 5.51 Å². The van der Waals surface area contributed by atoms with Crippen molar-refractivity contribution in [2.75, 3.05) is 17.6 Å². The maximum atomic E-state index is 12.0. The van der Waals surface area contributed by atoms with Gasteiger partial charge in [0.25, 0.3) is 0 Å². The van der Waals surface area contributed by atoms with Gasteiger partial charge >= 0.3 is 6.18 Å². The first-order chi connectivity index (χ1) is 8.97. The molecule has 0 fully saturated rings. The molecule has 1 aromatic heterocycles. The number of alkyl halides is 3. The van der Waals surface area contributed by atoms with Crippen molar-refractivity contribution >= 4 is 32.9 Å². The smallest absolute Gasteiger partial charge is 0.389 e. The van der Waals surface area contributed by atoms with Gasteiger partial charge in [-0.1, -0.05) is 0 Å². The van der Waals surface area contributed by atoms with E-state index < -0.39 is 12.6 Å². The third-order valence-corrected chi connectivity index (χ3v) is 3.54. The number of nitrogens with two attached hydrogens (primary N) is 1. The molecule has 3 nitrogen and oxygen atoms in total. The second-order valence-corrected chi connectivity index (χ2v) is 5.11. The van der Waals surface area contributed by atoms with E-state index in [0.29, 0.717) is 18.7 Å². The van der Waals surface area contributed by atoms with Crippen LogP contribution in [0.4, 0.5) is 24.5 Å². The highest BCUT2D eigenvalue weighted by molar-refractivity contribution is 7.16. The third kappa shape index (κ3) is 3.73. The molecule has 104 valence electrons. The molecule has 0 aliphatic carbocycles. The van der Waals surface area contributed by atoms with Crippen molar-refractivity contribution in [1.29, 1.82) is 0 Å². The summed E-state index contributed by atoms with van der Waals surface area (Å²) in [5.74, 6) is 0. The number of hydrogen-bond donors (Lipinski definition) is 2. The molecule has 0 spiro atoms. The second kappa shape index (κ2) is 5.64. The predicted molar refractivity (Wildman–Crippen MR) is 72.4 cm³/mol. The summed E-state index contributed by atoms with van der Waals surface area (Å²) in [6.45, 7) is 0.468. The Morgan fingerprint density at radius 1 is 1.26 bits per heavy atom. The van der Waals surface area contributed by atoms with Crippen LogP contribution in [-0.4, -0.2) is 17.7 Å². The van der Waals surface area contributed by atoms with Gasteiger partial charge in [-0.25, -0.2) is 4.98 Å². The lowest BCUT2D eigenvalue weighted by Crippen LogP contribution is -2.09. The standard InChI is InChI=1S/C12H14F3N3S/c13-12(14,15)5-1-2-6-17-8-3-4-9-11(10(8)16)18-7-19-9/h3-4,7,17H,1-2,5-6,16H2. The van der Waals surface area contributed by atoms with Crippen LogP contribution in [0.3, 0.4) is 0 Å². The molecule has 0 amide bonds. The molecular formula is C12H14F3N3S. The fourth-order valence-corrected chi connectivity index (χ4v) is 2.47. The Morgan fingerprint density at radius 2 is 2.05 bits per heavy atom. The fraction of sp³-hybridized carbons (Fsp3) is 0.417. The summed E-state index contributed by atoms with van der Waals surface area (Å²) >= 11 is 1.50. The van der Waals surface area contributed by atoms with E-state index in [1.807, 2.05) is 12.1 Å². The van der Waals surface area contributed by atoms with Crippen molar-refractivity contribution in [2.24, 2.45) is 0 Å². The zero-order chi connectivity index (χ0) is 13.9. The Kier molecular flexibility index (Phi) is 4.14. The van der Waals surface area contributed by atoms with Gasteiger partial charge in [0.1, 0.15) is 5.52 Å². The number of nitrogens with zero attached hydrogens (tertiary/aromatic N) is 1. The van der Waals surface area contributed by atoms with Gasteiger partial charge in [-0.3, -0.25) is 0 Å². The van der Waals surface area contributed by atoms with Crippen molar-refractivity contribution in [3.8, 4) is 0 Å². The maximum absolute atomic E-state index is 12.0. The number of unbranched alkanes of at least 4 members (excludes halogenated alkanes) is 1. The third-order valence-electron chi connectivity index (χ3n) is 2.74. The molecule has 19 heavy (non-hydrogen) atoms. The van der Waals surface area contributed by atoms with Crippen molar-refractivity contribution in [3.05, 3.63) is 17.6 Å². The number of aromatic nitrogens is 1. The molecule has 2 aromatic rings. The molecule has 2 rings (SSSR count). The van der Waals surface area contributed by atoms with Gasteiger partial charge < -0.3 is 11.1 Å². The second-order valence-electron chi connectivity index (χ2n) is 4.22. The van der Waals surface area contributed by atoms with Crippen molar-refractivity contribution in [3.63, 3.8) is 0 Å². The molecule has 0 bridgehead atoms. The number of fused-ring (bicyclic) bond motifs is 1. The topological polar surface area (TPSA) is 50.9 Å². The van der Waals surface area contributed by atoms with Crippen LogP contribution in [0.2, 0.25) is 0 Å². The van der Waals surface area contributed by atoms with Crippen LogP contribution in [0.5, 0.6) is 0 Å². The molecule has 0 saturated heterocycles. The van der Waals surface area contributed by atoms with Crippen LogP contribution in [0.25, 0.3) is 10.2 Å². The highest BCUT2D eigenvalue weighted by atomic mass is 32.1. The van der Waals surface area contributed by atoms with Gasteiger partial charge in [0.05, 0.1) is 21.6 Å². The number of anilines is 2. The molecule has 1 aromatic carbocycles. The van der Waals surface area contributed by atoms with Gasteiger partial charge in [-0.2, -0.15) is 13.2 Å². The largest absolute Gasteiger partial charge is 0.395 e. The zero-order valence-corrected chi connectivity index (χ0v) is 10.9. The van der Waals surface area contributed by atoms with Crippen LogP contribution in [0, 0.1) is 0 Å². The molecule has 1 heterocycles. The van der Waals surface area contributed by atoms with E-state index in [9.17, 15) is 13.2 Å². The lowest BCUT2D eigenvalue weighted by atomic mass is 10.2. The Hall–Kier alpha value is -1.50. The van der Waals surface area contributed by atoms with E-state index >= 15 is 0 Å². The first kappa shape index (κ1) is 13.9. The lowest BCUT2D eigenvalue weighted by molar-refractivity contribution is -0.135. The highest BCUT2D eigenvalue weighted by Crippen LogP contribution is 2.30. The van der Waals surface area contributed by atoms with Crippen molar-refractivity contribution in [2.45, 2.75) is 25.4 Å². The average Bonchev–Trinajstić information content (AvgIpc) is 2.79. The summed E-state index contributed by atoms with van der Waals surface area (Å²) in [6.07, 6.45) is -4.24. The van der Waals surface area contributed by atoms with Crippen molar-refractivity contribution < 1.29 is 13.2 Å². The summed E-state index contributed by atoms with van der Waals surface area (Å²) in [7, 11) is 0. The minimum absolute atomic E-state index is 0.120. The molecule has 0 saturated carbocycles. The summed E-state index contributed by atoms with van der Waals surface area (Å²) < 4.78 is 36.9. The summed E-state index contributed by atoms with van der Waals surface area (Å²) in [5.41, 5.74) is 9.68. The summed E-state index contributed by atoms with van der Waals surface area (Å²) in [5, 5.41) is 3.05. The maximum Gasteiger partial charge on any atom is 0.389 e. The fourth-order valence-electron chi connectivity index (χ4n) is 1.78. The number of rotatable bonds is 5. The lowest BCUT2D eigenvalue weighted by Gasteiger charge is -2.10. The minimum atomic E-state index is -4.07. The quantitative estimate of drug-likeness (QED) is 0.645. The van der Waals surface area contributed by atoms with E-state index in [1.165, 1.54) is 11.3 Å². The number of benzene rings is 1. The highest BCUT2D eigenvalue weighted by Gasteiger charge is 2.25. The Balaban J connectivity index is 1.86. The zero-order valence-electron chi connectivity index (χ0n) is 10.1. The number of nitrogen functional groups attached to an aromatic ring is 1. The van der Waals surface area contributed by atoms with Crippen LogP contribution >= 0.6 is 11.3 Å². The normalized spacial score (nSPS) is 11.9. The summed E-state index contributed by atoms with van der Waals surface area (Å²) in [6, 6.07) is 3.74. The molecule has 0 radical (unpaired) electrons. The van der Waals surface area contributed by atoms with Gasteiger partial charge in [0, 0.05) is 13.0 Å². The van der Waals surface area contributed by atoms with Crippen LogP contribution < -0.4 is 11.1 Å².